The van der Waals surface area contributed by atoms with Crippen molar-refractivity contribution in [3.05, 3.63) is 36.0 Å². The van der Waals surface area contributed by atoms with Gasteiger partial charge in [-0.3, -0.25) is 14.6 Å². The summed E-state index contributed by atoms with van der Waals surface area (Å²) in [6.45, 7) is 5.56. The van der Waals surface area contributed by atoms with Crippen molar-refractivity contribution in [3.63, 3.8) is 0 Å². The largest absolute Gasteiger partial charge is 0.346 e. The van der Waals surface area contributed by atoms with Gasteiger partial charge in [-0.05, 0) is 36.6 Å². The lowest BCUT2D eigenvalue weighted by molar-refractivity contribution is -0.125. The van der Waals surface area contributed by atoms with Crippen LogP contribution in [0.4, 0.5) is 5.69 Å². The summed E-state index contributed by atoms with van der Waals surface area (Å²) in [5.74, 6) is -0.612. The molecule has 0 bridgehead atoms. The van der Waals surface area contributed by atoms with E-state index in [9.17, 15) is 9.59 Å². The highest BCUT2D eigenvalue weighted by molar-refractivity contribution is 6.03. The van der Waals surface area contributed by atoms with Crippen molar-refractivity contribution in [3.8, 4) is 0 Å². The first-order chi connectivity index (χ1) is 10.9. The third kappa shape index (κ3) is 4.04. The Hall–Kier alpha value is -2.47. The molecule has 0 aliphatic carbocycles. The molecule has 0 saturated carbocycles. The number of nitrogens with two attached hydrogens (primary N) is 1. The normalized spacial score (nSPS) is 12.2. The van der Waals surface area contributed by atoms with Crippen molar-refractivity contribution in [1.29, 1.82) is 0 Å². The molecule has 1 aromatic carbocycles. The molecule has 0 spiro atoms. The van der Waals surface area contributed by atoms with Crippen molar-refractivity contribution < 1.29 is 9.59 Å². The van der Waals surface area contributed by atoms with Crippen molar-refractivity contribution in [2.45, 2.75) is 26.8 Å². The van der Waals surface area contributed by atoms with E-state index in [1.54, 1.807) is 6.20 Å². The molecule has 122 valence electrons. The van der Waals surface area contributed by atoms with Gasteiger partial charge >= 0.3 is 0 Å². The number of anilines is 1. The Bertz CT molecular complexity index is 728. The van der Waals surface area contributed by atoms with E-state index in [4.69, 9.17) is 5.73 Å². The van der Waals surface area contributed by atoms with Crippen LogP contribution in [-0.2, 0) is 9.59 Å². The van der Waals surface area contributed by atoms with E-state index in [-0.39, 0.29) is 24.3 Å². The molecule has 6 heteroatoms. The Balaban J connectivity index is 2.04. The number of fused-ring (bicyclic) bond motifs is 1. The molecule has 6 nitrogen and oxygen atoms in total. The monoisotopic (exact) mass is 314 g/mol. The van der Waals surface area contributed by atoms with Crippen molar-refractivity contribution in [1.82, 2.24) is 10.3 Å². The molecule has 0 saturated heterocycles. The van der Waals surface area contributed by atoms with Crippen LogP contribution in [-0.4, -0.2) is 29.4 Å². The second kappa shape index (κ2) is 7.19. The van der Waals surface area contributed by atoms with E-state index in [0.717, 1.165) is 16.5 Å². The molecule has 1 atom stereocenters. The molecular formula is C17H22N4O2. The number of pyridine rings is 1. The van der Waals surface area contributed by atoms with Gasteiger partial charge in [0.05, 0.1) is 23.8 Å². The van der Waals surface area contributed by atoms with E-state index in [0.29, 0.717) is 5.69 Å². The highest BCUT2D eigenvalue weighted by Gasteiger charge is 2.17. The lowest BCUT2D eigenvalue weighted by Crippen LogP contribution is -2.46. The van der Waals surface area contributed by atoms with Crippen molar-refractivity contribution >= 4 is 28.4 Å². The SMILES string of the molecule is Cc1ccc(NC(=O)CNC(=O)[C@@H](N)C(C)C)c2cccnc12. The predicted molar refractivity (Wildman–Crippen MR) is 90.9 cm³/mol. The number of aromatic nitrogens is 1. The fraction of sp³-hybridized carbons (Fsp3) is 0.353. The van der Waals surface area contributed by atoms with Crippen LogP contribution in [0.15, 0.2) is 30.5 Å². The Labute approximate surface area is 135 Å². The third-order valence-electron chi connectivity index (χ3n) is 3.69. The van der Waals surface area contributed by atoms with Crippen LogP contribution < -0.4 is 16.4 Å². The fourth-order valence-electron chi connectivity index (χ4n) is 2.21. The summed E-state index contributed by atoms with van der Waals surface area (Å²) in [6, 6.07) is 6.84. The minimum Gasteiger partial charge on any atom is -0.346 e. The van der Waals surface area contributed by atoms with Crippen LogP contribution in [0.2, 0.25) is 0 Å². The molecule has 0 aliphatic heterocycles. The summed E-state index contributed by atoms with van der Waals surface area (Å²) in [7, 11) is 0. The summed E-state index contributed by atoms with van der Waals surface area (Å²) >= 11 is 0. The van der Waals surface area contributed by atoms with Crippen LogP contribution in [0.3, 0.4) is 0 Å². The molecule has 1 aromatic heterocycles. The molecule has 0 fully saturated rings. The topological polar surface area (TPSA) is 97.1 Å². The van der Waals surface area contributed by atoms with Gasteiger partial charge in [0.25, 0.3) is 0 Å². The van der Waals surface area contributed by atoms with Gasteiger partial charge in [0.2, 0.25) is 11.8 Å². The second-order valence-electron chi connectivity index (χ2n) is 5.87. The third-order valence-corrected chi connectivity index (χ3v) is 3.69. The number of carbonyl (C=O) groups is 2. The predicted octanol–water partition coefficient (Wildman–Crippen LogP) is 1.58. The van der Waals surface area contributed by atoms with E-state index in [2.05, 4.69) is 15.6 Å². The summed E-state index contributed by atoms with van der Waals surface area (Å²) < 4.78 is 0. The van der Waals surface area contributed by atoms with Crippen LogP contribution in [0.25, 0.3) is 10.9 Å². The minimum absolute atomic E-state index is 0.0187. The molecule has 1 heterocycles. The molecule has 0 unspecified atom stereocenters. The van der Waals surface area contributed by atoms with Crippen molar-refractivity contribution in [2.75, 3.05) is 11.9 Å². The minimum atomic E-state index is -0.618. The Morgan fingerprint density at radius 1 is 1.26 bits per heavy atom. The Morgan fingerprint density at radius 2 is 2.00 bits per heavy atom. The number of amides is 2. The number of benzene rings is 1. The van der Waals surface area contributed by atoms with Crippen molar-refractivity contribution in [2.24, 2.45) is 11.7 Å². The van der Waals surface area contributed by atoms with E-state index in [1.165, 1.54) is 0 Å². The number of hydrogen-bond acceptors (Lipinski definition) is 4. The van der Waals surface area contributed by atoms with Gasteiger partial charge in [-0.1, -0.05) is 19.9 Å². The molecule has 2 rings (SSSR count). The first kappa shape index (κ1) is 16.9. The van der Waals surface area contributed by atoms with Gasteiger partial charge in [-0.25, -0.2) is 0 Å². The number of rotatable bonds is 5. The molecule has 0 radical (unpaired) electrons. The molecule has 0 aliphatic rings. The number of nitrogens with zero attached hydrogens (tertiary/aromatic N) is 1. The summed E-state index contributed by atoms with van der Waals surface area (Å²) in [5.41, 5.74) is 8.29. The van der Waals surface area contributed by atoms with Gasteiger partial charge in [-0.15, -0.1) is 0 Å². The Kier molecular flexibility index (Phi) is 5.28. The van der Waals surface area contributed by atoms with Crippen LogP contribution >= 0.6 is 0 Å². The van der Waals surface area contributed by atoms with Crippen LogP contribution in [0.5, 0.6) is 0 Å². The average molecular weight is 314 g/mol. The number of aryl methyl sites for hydroxylation is 1. The van der Waals surface area contributed by atoms with Gasteiger partial charge < -0.3 is 16.4 Å². The Morgan fingerprint density at radius 3 is 2.70 bits per heavy atom. The zero-order chi connectivity index (χ0) is 17.0. The number of nitrogens with one attached hydrogen (secondary N) is 2. The maximum atomic E-state index is 12.1. The first-order valence-electron chi connectivity index (χ1n) is 7.57. The molecule has 23 heavy (non-hydrogen) atoms. The zero-order valence-corrected chi connectivity index (χ0v) is 13.6. The zero-order valence-electron chi connectivity index (χ0n) is 13.6. The van der Waals surface area contributed by atoms with E-state index in [1.807, 2.05) is 45.0 Å². The molecule has 2 aromatic rings. The average Bonchev–Trinajstić information content (AvgIpc) is 2.54. The smallest absolute Gasteiger partial charge is 0.243 e. The maximum Gasteiger partial charge on any atom is 0.243 e. The second-order valence-corrected chi connectivity index (χ2v) is 5.87. The highest BCUT2D eigenvalue weighted by Crippen LogP contribution is 2.24. The molecular weight excluding hydrogens is 292 g/mol. The lowest BCUT2D eigenvalue weighted by Gasteiger charge is -2.15. The molecule has 4 N–H and O–H groups in total. The number of hydrogen-bond donors (Lipinski definition) is 3. The van der Waals surface area contributed by atoms with Gasteiger partial charge in [-0.2, -0.15) is 0 Å². The standard InChI is InChI=1S/C17H22N4O2/c1-10(2)15(18)17(23)20-9-14(22)21-13-7-6-11(3)16-12(13)5-4-8-19-16/h4-8,10,15H,9,18H2,1-3H3,(H,20,23)(H,21,22)/t15-/m0/s1. The van der Waals surface area contributed by atoms with Gasteiger partial charge in [0, 0.05) is 11.6 Å². The lowest BCUT2D eigenvalue weighted by atomic mass is 10.1. The van der Waals surface area contributed by atoms with E-state index < -0.39 is 6.04 Å². The van der Waals surface area contributed by atoms with Crippen LogP contribution in [0.1, 0.15) is 19.4 Å². The summed E-state index contributed by atoms with van der Waals surface area (Å²) in [4.78, 5) is 28.2. The van der Waals surface area contributed by atoms with E-state index >= 15 is 0 Å². The first-order valence-corrected chi connectivity index (χ1v) is 7.57. The highest BCUT2D eigenvalue weighted by atomic mass is 16.2. The summed E-state index contributed by atoms with van der Waals surface area (Å²) in [6.07, 6.45) is 1.72. The van der Waals surface area contributed by atoms with Crippen LogP contribution in [0, 0.1) is 12.8 Å². The fourth-order valence-corrected chi connectivity index (χ4v) is 2.21. The summed E-state index contributed by atoms with van der Waals surface area (Å²) in [5, 5.41) is 6.22. The van der Waals surface area contributed by atoms with Gasteiger partial charge in [0.1, 0.15) is 0 Å². The maximum absolute atomic E-state index is 12.1. The quantitative estimate of drug-likeness (QED) is 0.780. The number of carbonyl (C=O) groups excluding carboxylic acids is 2. The van der Waals surface area contributed by atoms with Gasteiger partial charge in [0.15, 0.2) is 0 Å². The molecule has 2 amide bonds.